The Bertz CT molecular complexity index is 1850. The van der Waals surface area contributed by atoms with E-state index in [-0.39, 0.29) is 25.6 Å². The first-order valence-electron chi connectivity index (χ1n) is 16.9. The molecule has 258 valence electrons. The fourth-order valence-electron chi connectivity index (χ4n) is 6.04. The molecule has 50 heavy (non-hydrogen) atoms. The highest BCUT2D eigenvalue weighted by Gasteiger charge is 2.60. The molecule has 1 aliphatic rings. The number of aromatic nitrogens is 3. The highest BCUT2D eigenvalue weighted by Crippen LogP contribution is 2.44. The van der Waals surface area contributed by atoms with E-state index in [1.807, 2.05) is 91.0 Å². The molecule has 1 fully saturated rings. The Morgan fingerprint density at radius 2 is 1.52 bits per heavy atom. The lowest BCUT2D eigenvalue weighted by Gasteiger charge is -2.29. The zero-order valence-electron chi connectivity index (χ0n) is 28.0. The maximum absolute atomic E-state index is 12.6. The predicted octanol–water partition coefficient (Wildman–Crippen LogP) is 6.97. The van der Waals surface area contributed by atoms with E-state index in [2.05, 4.69) is 28.4 Å². The molecule has 0 radical (unpaired) electrons. The van der Waals surface area contributed by atoms with E-state index in [9.17, 15) is 10.1 Å². The summed E-state index contributed by atoms with van der Waals surface area (Å²) in [4.78, 5) is 16.9. The Balaban J connectivity index is 1.34. The van der Waals surface area contributed by atoms with Crippen LogP contribution in [0.15, 0.2) is 109 Å². The van der Waals surface area contributed by atoms with Gasteiger partial charge in [-0.15, -0.1) is 0 Å². The average molecular weight is 676 g/mol. The lowest BCUT2D eigenvalue weighted by atomic mass is 9.92. The molecular formula is C39H41N5O6. The predicted molar refractivity (Wildman–Crippen MR) is 186 cm³/mol. The molecular weight excluding hydrogens is 634 g/mol. The number of nitriles is 1. The van der Waals surface area contributed by atoms with Gasteiger partial charge in [-0.2, -0.15) is 10.4 Å². The fraction of sp³-hybridized carbons (Fsp3) is 0.333. The van der Waals surface area contributed by atoms with Gasteiger partial charge >= 0.3 is 6.09 Å². The lowest BCUT2D eigenvalue weighted by molar-refractivity contribution is -0.0971. The van der Waals surface area contributed by atoms with Crippen LogP contribution in [0.2, 0.25) is 0 Å². The summed E-state index contributed by atoms with van der Waals surface area (Å²) >= 11 is 0. The van der Waals surface area contributed by atoms with Crippen LogP contribution in [-0.2, 0) is 49.1 Å². The maximum Gasteiger partial charge on any atom is 0.412 e. The van der Waals surface area contributed by atoms with Crippen LogP contribution in [0.3, 0.4) is 0 Å². The van der Waals surface area contributed by atoms with Crippen LogP contribution in [0, 0.1) is 11.3 Å². The minimum atomic E-state index is -1.68. The van der Waals surface area contributed by atoms with Crippen molar-refractivity contribution in [2.24, 2.45) is 0 Å². The van der Waals surface area contributed by atoms with Crippen LogP contribution in [-0.4, -0.2) is 52.2 Å². The molecule has 0 saturated carbocycles. The molecule has 0 unspecified atom stereocenters. The zero-order valence-corrected chi connectivity index (χ0v) is 28.0. The van der Waals surface area contributed by atoms with Crippen molar-refractivity contribution in [1.29, 1.82) is 5.26 Å². The van der Waals surface area contributed by atoms with Gasteiger partial charge in [-0.05, 0) is 35.2 Å². The van der Waals surface area contributed by atoms with Crippen molar-refractivity contribution in [2.75, 3.05) is 18.5 Å². The molecule has 0 spiro atoms. The minimum Gasteiger partial charge on any atom is -0.449 e. The Kier molecular flexibility index (Phi) is 11.8. The van der Waals surface area contributed by atoms with Crippen LogP contribution in [0.1, 0.15) is 48.6 Å². The number of carbonyl (C=O) groups is 1. The van der Waals surface area contributed by atoms with E-state index in [1.54, 1.807) is 16.6 Å². The highest BCUT2D eigenvalue weighted by atomic mass is 16.6. The van der Waals surface area contributed by atoms with Gasteiger partial charge in [0.15, 0.2) is 5.82 Å². The molecule has 1 amide bonds. The molecule has 0 bridgehead atoms. The summed E-state index contributed by atoms with van der Waals surface area (Å²) in [6, 6.07) is 35.3. The van der Waals surface area contributed by atoms with Crippen LogP contribution in [0.5, 0.6) is 0 Å². The third kappa shape index (κ3) is 8.18. The van der Waals surface area contributed by atoms with Gasteiger partial charge in [0.05, 0.1) is 38.7 Å². The van der Waals surface area contributed by atoms with Gasteiger partial charge in [0.2, 0.25) is 5.60 Å². The number of unbranched alkanes of at least 4 members (excludes halogenated alkanes) is 2. The van der Waals surface area contributed by atoms with E-state index < -0.39 is 30.0 Å². The number of carbonyl (C=O) groups excluding carboxylic acids is 1. The van der Waals surface area contributed by atoms with Gasteiger partial charge in [0.25, 0.3) is 0 Å². The third-order valence-electron chi connectivity index (χ3n) is 8.55. The normalized spacial score (nSPS) is 20.0. The summed E-state index contributed by atoms with van der Waals surface area (Å²) in [5, 5.41) is 18.3. The molecule has 0 aliphatic carbocycles. The highest BCUT2D eigenvalue weighted by molar-refractivity contribution is 5.88. The Labute approximate surface area is 291 Å². The Hall–Kier alpha value is -5.12. The number of fused-ring (bicyclic) bond motifs is 1. The van der Waals surface area contributed by atoms with E-state index >= 15 is 0 Å². The zero-order chi connectivity index (χ0) is 34.6. The largest absolute Gasteiger partial charge is 0.449 e. The summed E-state index contributed by atoms with van der Waals surface area (Å²) in [7, 11) is 0. The second-order valence-corrected chi connectivity index (χ2v) is 12.1. The van der Waals surface area contributed by atoms with E-state index in [0.717, 1.165) is 36.0 Å². The number of hydrogen-bond donors (Lipinski definition) is 1. The number of amides is 1. The SMILES string of the molecule is CCCCCOC(=O)Nc1ncnn2c([C@]3(C#N)O[C@H](COCc4ccccc4)[C@@H](OCc4ccccc4)[C@H]3OCc3ccccc3)ccc12. The number of ether oxygens (including phenoxy) is 5. The monoisotopic (exact) mass is 675 g/mol. The van der Waals surface area contributed by atoms with Crippen LogP contribution < -0.4 is 5.32 Å². The molecule has 4 atom stereocenters. The van der Waals surface area contributed by atoms with Crippen molar-refractivity contribution in [3.8, 4) is 6.07 Å². The van der Waals surface area contributed by atoms with Crippen LogP contribution in [0.4, 0.5) is 10.6 Å². The molecule has 5 aromatic rings. The van der Waals surface area contributed by atoms with E-state index in [0.29, 0.717) is 24.4 Å². The molecule has 2 aromatic heterocycles. The summed E-state index contributed by atoms with van der Waals surface area (Å²) in [6.07, 6.45) is 1.14. The first-order chi connectivity index (χ1) is 24.6. The Morgan fingerprint density at radius 3 is 2.16 bits per heavy atom. The van der Waals surface area contributed by atoms with Crippen LogP contribution >= 0.6 is 0 Å². The van der Waals surface area contributed by atoms with E-state index in [1.165, 1.54) is 6.33 Å². The van der Waals surface area contributed by atoms with Gasteiger partial charge < -0.3 is 23.7 Å². The quantitative estimate of drug-likeness (QED) is 0.110. The number of benzene rings is 3. The van der Waals surface area contributed by atoms with Gasteiger partial charge in [-0.3, -0.25) is 5.32 Å². The molecule has 11 heteroatoms. The third-order valence-corrected chi connectivity index (χ3v) is 8.55. The van der Waals surface area contributed by atoms with Crippen molar-refractivity contribution in [3.05, 3.63) is 132 Å². The van der Waals surface area contributed by atoms with Gasteiger partial charge in [-0.1, -0.05) is 111 Å². The van der Waals surface area contributed by atoms with Crippen LogP contribution in [0.25, 0.3) is 5.52 Å². The molecule has 1 saturated heterocycles. The number of hydrogen-bond acceptors (Lipinski definition) is 9. The summed E-state index contributed by atoms with van der Waals surface area (Å²) < 4.78 is 33.1. The number of nitrogens with one attached hydrogen (secondary N) is 1. The van der Waals surface area contributed by atoms with Crippen molar-refractivity contribution >= 4 is 17.4 Å². The molecule has 3 heterocycles. The molecule has 6 rings (SSSR count). The topological polar surface area (TPSA) is 129 Å². The smallest absolute Gasteiger partial charge is 0.412 e. The first kappa shape index (κ1) is 34.7. The maximum atomic E-state index is 12.6. The summed E-state index contributed by atoms with van der Waals surface area (Å²) in [5.41, 5.74) is 2.07. The molecule has 11 nitrogen and oxygen atoms in total. The second-order valence-electron chi connectivity index (χ2n) is 12.1. The van der Waals surface area contributed by atoms with Crippen molar-refractivity contribution in [1.82, 2.24) is 14.6 Å². The summed E-state index contributed by atoms with van der Waals surface area (Å²) in [6.45, 7) is 3.35. The average Bonchev–Trinajstić information content (AvgIpc) is 3.73. The van der Waals surface area contributed by atoms with Crippen molar-refractivity contribution < 1.29 is 28.5 Å². The van der Waals surface area contributed by atoms with Crippen molar-refractivity contribution in [3.63, 3.8) is 0 Å². The van der Waals surface area contributed by atoms with Crippen molar-refractivity contribution in [2.45, 2.75) is 69.9 Å². The number of nitrogens with zero attached hydrogens (tertiary/aromatic N) is 4. The summed E-state index contributed by atoms with van der Waals surface area (Å²) in [5.74, 6) is 0.235. The molecule has 3 aromatic carbocycles. The Morgan fingerprint density at radius 1 is 0.880 bits per heavy atom. The number of rotatable bonds is 16. The minimum absolute atomic E-state index is 0.137. The van der Waals surface area contributed by atoms with E-state index in [4.69, 9.17) is 23.7 Å². The number of anilines is 1. The van der Waals surface area contributed by atoms with Gasteiger partial charge in [0.1, 0.15) is 36.2 Å². The van der Waals surface area contributed by atoms with Gasteiger partial charge in [-0.25, -0.2) is 14.3 Å². The van der Waals surface area contributed by atoms with Gasteiger partial charge in [0, 0.05) is 0 Å². The molecule has 1 N–H and O–H groups in total. The standard InChI is InChI=1S/C39H41N5O6/c1-2-3-13-22-47-38(45)43-37-32-20-21-34(44(32)42-28-41-37)39(27-40)36(49-25-31-18-11-6-12-19-31)35(48-24-30-16-9-5-10-17-30)33(50-39)26-46-23-29-14-7-4-8-15-29/h4-12,14-21,28,33,35-36H,2-3,13,22-26H2,1H3,(H,41,42,43,45)/t33-,35-,36-,39+/m1/s1. The lowest BCUT2D eigenvalue weighted by Crippen LogP contribution is -2.44. The fourth-order valence-corrected chi connectivity index (χ4v) is 6.04. The first-order valence-corrected chi connectivity index (χ1v) is 16.9. The molecule has 1 aliphatic heterocycles. The second kappa shape index (κ2) is 17.0.